The Hall–Kier alpha value is -2.02. The van der Waals surface area contributed by atoms with Crippen molar-refractivity contribution < 1.29 is 17.9 Å². The summed E-state index contributed by atoms with van der Waals surface area (Å²) in [5, 5.41) is 2.43. The molecule has 0 saturated heterocycles. The maximum atomic E-state index is 12.6. The number of ether oxygens (including phenoxy) is 1. The summed E-state index contributed by atoms with van der Waals surface area (Å²) in [6.07, 6.45) is -4.65. The van der Waals surface area contributed by atoms with Crippen molar-refractivity contribution in [3.63, 3.8) is 0 Å². The number of nitrogens with one attached hydrogen (secondary N) is 1. The van der Waals surface area contributed by atoms with Gasteiger partial charge in [-0.25, -0.2) is 9.97 Å². The maximum Gasteiger partial charge on any atom is 0.451 e. The summed E-state index contributed by atoms with van der Waals surface area (Å²) in [6, 6.07) is 7.82. The van der Waals surface area contributed by atoms with E-state index in [-0.39, 0.29) is 11.0 Å². The van der Waals surface area contributed by atoms with Crippen molar-refractivity contribution >= 4 is 23.1 Å². The number of benzene rings is 1. The van der Waals surface area contributed by atoms with E-state index in [0.717, 1.165) is 0 Å². The Labute approximate surface area is 117 Å². The van der Waals surface area contributed by atoms with E-state index < -0.39 is 12.0 Å². The van der Waals surface area contributed by atoms with Gasteiger partial charge in [-0.3, -0.25) is 0 Å². The summed E-state index contributed by atoms with van der Waals surface area (Å²) < 4.78 is 42.7. The zero-order valence-corrected chi connectivity index (χ0v) is 11.0. The third-order valence-corrected chi connectivity index (χ3v) is 2.50. The van der Waals surface area contributed by atoms with Crippen LogP contribution in [-0.2, 0) is 6.18 Å². The molecule has 0 unspecified atom stereocenters. The largest absolute Gasteiger partial charge is 0.497 e. The molecule has 0 spiro atoms. The maximum absolute atomic E-state index is 12.6. The molecular formula is C12H9ClF3N3O. The number of hydrogen-bond acceptors (Lipinski definition) is 4. The molecule has 0 fully saturated rings. The van der Waals surface area contributed by atoms with E-state index in [2.05, 4.69) is 15.3 Å². The number of alkyl halides is 3. The van der Waals surface area contributed by atoms with E-state index >= 15 is 0 Å². The number of nitrogens with zero attached hydrogens (tertiary/aromatic N) is 2. The first-order chi connectivity index (χ1) is 9.38. The number of aromatic nitrogens is 2. The van der Waals surface area contributed by atoms with Gasteiger partial charge in [0.15, 0.2) is 0 Å². The first-order valence-corrected chi connectivity index (χ1v) is 5.79. The van der Waals surface area contributed by atoms with Gasteiger partial charge in [0, 0.05) is 11.8 Å². The lowest BCUT2D eigenvalue weighted by molar-refractivity contribution is -0.144. The molecule has 1 heterocycles. The summed E-state index contributed by atoms with van der Waals surface area (Å²) >= 11 is 5.56. The van der Waals surface area contributed by atoms with Crippen molar-refractivity contribution in [2.24, 2.45) is 0 Å². The summed E-state index contributed by atoms with van der Waals surface area (Å²) in [7, 11) is 1.52. The molecule has 0 atom stereocenters. The van der Waals surface area contributed by atoms with Crippen LogP contribution in [-0.4, -0.2) is 17.1 Å². The number of hydrogen-bond donors (Lipinski definition) is 1. The Morgan fingerprint density at radius 3 is 2.35 bits per heavy atom. The summed E-state index contributed by atoms with van der Waals surface area (Å²) in [5.74, 6) is -0.698. The lowest BCUT2D eigenvalue weighted by Gasteiger charge is -2.10. The average molecular weight is 304 g/mol. The van der Waals surface area contributed by atoms with Crippen LogP contribution in [0.4, 0.5) is 24.7 Å². The number of rotatable bonds is 3. The molecule has 1 aromatic carbocycles. The monoisotopic (exact) mass is 303 g/mol. The fourth-order valence-electron chi connectivity index (χ4n) is 1.43. The van der Waals surface area contributed by atoms with Crippen molar-refractivity contribution in [2.45, 2.75) is 6.18 Å². The first-order valence-electron chi connectivity index (χ1n) is 5.41. The van der Waals surface area contributed by atoms with Gasteiger partial charge in [-0.05, 0) is 24.3 Å². The van der Waals surface area contributed by atoms with Crippen LogP contribution < -0.4 is 10.1 Å². The molecule has 20 heavy (non-hydrogen) atoms. The number of anilines is 2. The van der Waals surface area contributed by atoms with Gasteiger partial charge in [0.1, 0.15) is 16.7 Å². The van der Waals surface area contributed by atoms with Crippen LogP contribution in [0.25, 0.3) is 0 Å². The third kappa shape index (κ3) is 3.51. The zero-order valence-electron chi connectivity index (χ0n) is 10.2. The van der Waals surface area contributed by atoms with Gasteiger partial charge in [-0.1, -0.05) is 11.6 Å². The standard InChI is InChI=1S/C12H9ClF3N3O/c1-20-8-4-2-7(3-5-8)17-10-6-9(13)18-11(19-10)12(14,15)16/h2-6H,1H3,(H,17,18,19). The molecular weight excluding hydrogens is 295 g/mol. The highest BCUT2D eigenvalue weighted by Crippen LogP contribution is 2.29. The van der Waals surface area contributed by atoms with Crippen LogP contribution in [0.3, 0.4) is 0 Å². The van der Waals surface area contributed by atoms with E-state index in [0.29, 0.717) is 11.4 Å². The van der Waals surface area contributed by atoms with Gasteiger partial charge < -0.3 is 10.1 Å². The minimum Gasteiger partial charge on any atom is -0.497 e. The minimum absolute atomic E-state index is 0.0394. The normalized spacial score (nSPS) is 11.2. The average Bonchev–Trinajstić information content (AvgIpc) is 2.38. The summed E-state index contributed by atoms with van der Waals surface area (Å²) in [4.78, 5) is 6.52. The van der Waals surface area contributed by atoms with E-state index in [9.17, 15) is 13.2 Å². The van der Waals surface area contributed by atoms with Crippen LogP contribution in [0.1, 0.15) is 5.82 Å². The quantitative estimate of drug-likeness (QED) is 0.874. The second-order valence-corrected chi connectivity index (χ2v) is 4.14. The zero-order chi connectivity index (χ0) is 14.8. The highest BCUT2D eigenvalue weighted by Gasteiger charge is 2.35. The molecule has 1 N–H and O–H groups in total. The molecule has 0 amide bonds. The van der Waals surface area contributed by atoms with Crippen molar-refractivity contribution in [1.29, 1.82) is 0 Å². The Balaban J connectivity index is 2.26. The van der Waals surface area contributed by atoms with E-state index in [4.69, 9.17) is 16.3 Å². The van der Waals surface area contributed by atoms with Crippen LogP contribution in [0, 0.1) is 0 Å². The van der Waals surface area contributed by atoms with Gasteiger partial charge >= 0.3 is 6.18 Å². The molecule has 0 aliphatic rings. The summed E-state index contributed by atoms with van der Waals surface area (Å²) in [5.41, 5.74) is 0.550. The Bertz CT molecular complexity index is 602. The van der Waals surface area contributed by atoms with Crippen LogP contribution in [0.2, 0.25) is 5.15 Å². The molecule has 4 nitrogen and oxygen atoms in total. The predicted molar refractivity (Wildman–Crippen MR) is 68.3 cm³/mol. The van der Waals surface area contributed by atoms with Gasteiger partial charge in [0.25, 0.3) is 0 Å². The second-order valence-electron chi connectivity index (χ2n) is 3.75. The molecule has 2 rings (SSSR count). The molecule has 0 aliphatic heterocycles. The molecule has 8 heteroatoms. The highest BCUT2D eigenvalue weighted by molar-refractivity contribution is 6.29. The van der Waals surface area contributed by atoms with Crippen molar-refractivity contribution in [1.82, 2.24) is 9.97 Å². The van der Waals surface area contributed by atoms with Crippen molar-refractivity contribution in [2.75, 3.05) is 12.4 Å². The smallest absolute Gasteiger partial charge is 0.451 e. The Kier molecular flexibility index (Phi) is 3.99. The second kappa shape index (κ2) is 5.54. The fourth-order valence-corrected chi connectivity index (χ4v) is 1.61. The van der Waals surface area contributed by atoms with E-state index in [1.165, 1.54) is 13.2 Å². The van der Waals surface area contributed by atoms with Crippen LogP contribution >= 0.6 is 11.6 Å². The van der Waals surface area contributed by atoms with Gasteiger partial charge in [-0.2, -0.15) is 13.2 Å². The SMILES string of the molecule is COc1ccc(Nc2cc(Cl)nc(C(F)(F)F)n2)cc1. The molecule has 0 radical (unpaired) electrons. The van der Waals surface area contributed by atoms with E-state index in [1.807, 2.05) is 0 Å². The van der Waals surface area contributed by atoms with Crippen LogP contribution in [0.5, 0.6) is 5.75 Å². The first kappa shape index (κ1) is 14.4. The molecule has 1 aromatic heterocycles. The summed E-state index contributed by atoms with van der Waals surface area (Å²) in [6.45, 7) is 0. The molecule has 2 aromatic rings. The molecule has 106 valence electrons. The fraction of sp³-hybridized carbons (Fsp3) is 0.167. The predicted octanol–water partition coefficient (Wildman–Crippen LogP) is 3.90. The minimum atomic E-state index is -4.65. The van der Waals surface area contributed by atoms with Crippen molar-refractivity contribution in [3.05, 3.63) is 41.3 Å². The Morgan fingerprint density at radius 1 is 1.15 bits per heavy atom. The molecule has 0 bridgehead atoms. The van der Waals surface area contributed by atoms with Gasteiger partial charge in [0.2, 0.25) is 5.82 Å². The number of methoxy groups -OCH3 is 1. The Morgan fingerprint density at radius 2 is 1.80 bits per heavy atom. The van der Waals surface area contributed by atoms with E-state index in [1.54, 1.807) is 24.3 Å². The third-order valence-electron chi connectivity index (χ3n) is 2.31. The van der Waals surface area contributed by atoms with Crippen LogP contribution in [0.15, 0.2) is 30.3 Å². The highest BCUT2D eigenvalue weighted by atomic mass is 35.5. The lowest BCUT2D eigenvalue weighted by Crippen LogP contribution is -2.12. The van der Waals surface area contributed by atoms with Crippen molar-refractivity contribution in [3.8, 4) is 5.75 Å². The topological polar surface area (TPSA) is 47.0 Å². The molecule has 0 aliphatic carbocycles. The molecule has 0 saturated carbocycles. The number of halogens is 4. The van der Waals surface area contributed by atoms with Gasteiger partial charge in [0.05, 0.1) is 7.11 Å². The lowest BCUT2D eigenvalue weighted by atomic mass is 10.3. The van der Waals surface area contributed by atoms with Gasteiger partial charge in [-0.15, -0.1) is 0 Å².